The molecule has 136 valence electrons. The highest BCUT2D eigenvalue weighted by Gasteiger charge is 2.14. The molecule has 25 heavy (non-hydrogen) atoms. The van der Waals surface area contributed by atoms with Gasteiger partial charge in [-0.25, -0.2) is 4.98 Å². The summed E-state index contributed by atoms with van der Waals surface area (Å²) in [7, 11) is 0. The van der Waals surface area contributed by atoms with E-state index in [-0.39, 0.29) is 0 Å². The molecule has 4 heteroatoms. The number of benzene rings is 1. The van der Waals surface area contributed by atoms with Crippen LogP contribution in [-0.2, 0) is 6.42 Å². The van der Waals surface area contributed by atoms with Gasteiger partial charge >= 0.3 is 0 Å². The Morgan fingerprint density at radius 1 is 1.24 bits per heavy atom. The largest absolute Gasteiger partial charge is 0.494 e. The van der Waals surface area contributed by atoms with Crippen LogP contribution in [0.4, 0.5) is 0 Å². The van der Waals surface area contributed by atoms with E-state index in [0.29, 0.717) is 11.8 Å². The van der Waals surface area contributed by atoms with Crippen molar-refractivity contribution in [2.75, 3.05) is 6.61 Å². The van der Waals surface area contributed by atoms with E-state index < -0.39 is 0 Å². The van der Waals surface area contributed by atoms with Gasteiger partial charge in [-0.15, -0.1) is 0 Å². The molecule has 1 aromatic carbocycles. The third kappa shape index (κ3) is 5.45. The number of aromatic nitrogens is 1. The monoisotopic (exact) mass is 342 g/mol. The molecular weight excluding hydrogens is 312 g/mol. The quantitative estimate of drug-likeness (QED) is 0.436. The standard InChI is InChI=1S/C21H30N2O2/c1-5-7-14-24-18-10-8-17(9-11-18)21-23-20(16(4)25-21)13-12-19(22)15(3)6-2/h8-11,15,22H,5-7,12-14H2,1-4H3. The first-order chi connectivity index (χ1) is 12.0. The van der Waals surface area contributed by atoms with E-state index in [1.165, 1.54) is 0 Å². The number of unbranched alkanes of at least 4 members (excludes halogenated alkanes) is 1. The fourth-order valence-electron chi connectivity index (χ4n) is 2.56. The van der Waals surface area contributed by atoms with Gasteiger partial charge in [0, 0.05) is 11.3 Å². The average Bonchev–Trinajstić information content (AvgIpc) is 3.00. The Labute approximate surface area is 151 Å². The van der Waals surface area contributed by atoms with E-state index in [4.69, 9.17) is 14.6 Å². The van der Waals surface area contributed by atoms with Gasteiger partial charge in [-0.2, -0.15) is 0 Å². The predicted octanol–water partition coefficient (Wildman–Crippen LogP) is 5.83. The summed E-state index contributed by atoms with van der Waals surface area (Å²) in [5, 5.41) is 8.11. The van der Waals surface area contributed by atoms with E-state index in [9.17, 15) is 0 Å². The van der Waals surface area contributed by atoms with Gasteiger partial charge in [-0.1, -0.05) is 27.2 Å². The minimum absolute atomic E-state index is 0.340. The normalized spacial score (nSPS) is 12.2. The van der Waals surface area contributed by atoms with Gasteiger partial charge in [-0.05, 0) is 62.8 Å². The van der Waals surface area contributed by atoms with Crippen LogP contribution in [0, 0.1) is 18.3 Å². The smallest absolute Gasteiger partial charge is 0.226 e. The molecule has 4 nitrogen and oxygen atoms in total. The molecule has 0 aliphatic heterocycles. The fourth-order valence-corrected chi connectivity index (χ4v) is 2.56. The third-order valence-electron chi connectivity index (χ3n) is 4.60. The van der Waals surface area contributed by atoms with Crippen molar-refractivity contribution < 1.29 is 9.15 Å². The minimum Gasteiger partial charge on any atom is -0.494 e. The number of hydrogen-bond acceptors (Lipinski definition) is 4. The molecule has 2 rings (SSSR count). The van der Waals surface area contributed by atoms with E-state index in [2.05, 4.69) is 25.8 Å². The van der Waals surface area contributed by atoms with Crippen molar-refractivity contribution in [3.8, 4) is 17.2 Å². The molecule has 1 heterocycles. The Morgan fingerprint density at radius 3 is 2.60 bits per heavy atom. The van der Waals surface area contributed by atoms with Gasteiger partial charge in [-0.3, -0.25) is 0 Å². The summed E-state index contributed by atoms with van der Waals surface area (Å²) in [5.74, 6) is 2.70. The first-order valence-electron chi connectivity index (χ1n) is 9.32. The SMILES string of the molecule is CCCCOc1ccc(-c2nc(CCC(=N)C(C)CC)c(C)o2)cc1. The highest BCUT2D eigenvalue weighted by molar-refractivity contribution is 5.83. The molecule has 2 aromatic rings. The zero-order valence-electron chi connectivity index (χ0n) is 15.9. The summed E-state index contributed by atoms with van der Waals surface area (Å²) in [4.78, 5) is 4.64. The molecule has 1 unspecified atom stereocenters. The van der Waals surface area contributed by atoms with Gasteiger partial charge in [0.25, 0.3) is 0 Å². The molecular formula is C21H30N2O2. The number of aryl methyl sites for hydroxylation is 2. The summed E-state index contributed by atoms with van der Waals surface area (Å²) in [6.45, 7) is 9.07. The van der Waals surface area contributed by atoms with Crippen LogP contribution in [0.3, 0.4) is 0 Å². The summed E-state index contributed by atoms with van der Waals surface area (Å²) in [6, 6.07) is 7.89. The fraction of sp³-hybridized carbons (Fsp3) is 0.524. The van der Waals surface area contributed by atoms with E-state index >= 15 is 0 Å². The highest BCUT2D eigenvalue weighted by Crippen LogP contribution is 2.25. The molecule has 0 spiro atoms. The summed E-state index contributed by atoms with van der Waals surface area (Å²) < 4.78 is 11.5. The molecule has 0 fully saturated rings. The Bertz CT molecular complexity index is 674. The Morgan fingerprint density at radius 2 is 1.96 bits per heavy atom. The van der Waals surface area contributed by atoms with E-state index in [0.717, 1.165) is 67.2 Å². The van der Waals surface area contributed by atoms with Crippen molar-refractivity contribution in [3.63, 3.8) is 0 Å². The van der Waals surface area contributed by atoms with Crippen molar-refractivity contribution in [2.45, 2.75) is 59.8 Å². The van der Waals surface area contributed by atoms with Gasteiger partial charge in [0.1, 0.15) is 11.5 Å². The van der Waals surface area contributed by atoms with Crippen molar-refractivity contribution in [1.82, 2.24) is 4.98 Å². The molecule has 0 bridgehead atoms. The minimum atomic E-state index is 0.340. The lowest BCUT2D eigenvalue weighted by Gasteiger charge is -2.09. The first-order valence-corrected chi connectivity index (χ1v) is 9.32. The zero-order valence-corrected chi connectivity index (χ0v) is 15.9. The van der Waals surface area contributed by atoms with Crippen LogP contribution in [-0.4, -0.2) is 17.3 Å². The Hall–Kier alpha value is -2.10. The summed E-state index contributed by atoms with van der Waals surface area (Å²) in [5.41, 5.74) is 2.69. The maximum absolute atomic E-state index is 8.11. The van der Waals surface area contributed by atoms with Crippen molar-refractivity contribution in [1.29, 1.82) is 5.41 Å². The second-order valence-electron chi connectivity index (χ2n) is 6.58. The van der Waals surface area contributed by atoms with Gasteiger partial charge < -0.3 is 14.6 Å². The molecule has 0 saturated carbocycles. The number of nitrogens with one attached hydrogen (secondary N) is 1. The van der Waals surface area contributed by atoms with Crippen LogP contribution in [0.1, 0.15) is 57.9 Å². The molecule has 1 aromatic heterocycles. The molecule has 0 amide bonds. The van der Waals surface area contributed by atoms with Crippen LogP contribution in [0.25, 0.3) is 11.5 Å². The second kappa shape index (κ2) is 9.40. The maximum Gasteiger partial charge on any atom is 0.226 e. The van der Waals surface area contributed by atoms with E-state index in [1.807, 2.05) is 31.2 Å². The maximum atomic E-state index is 8.11. The molecule has 0 aliphatic carbocycles. The molecule has 1 atom stereocenters. The lowest BCUT2D eigenvalue weighted by Crippen LogP contribution is -2.10. The predicted molar refractivity (Wildman–Crippen MR) is 103 cm³/mol. The molecule has 0 radical (unpaired) electrons. The summed E-state index contributed by atoms with van der Waals surface area (Å²) >= 11 is 0. The number of ether oxygens (including phenoxy) is 1. The number of nitrogens with zero attached hydrogens (tertiary/aromatic N) is 1. The van der Waals surface area contributed by atoms with Crippen LogP contribution in [0.2, 0.25) is 0 Å². The zero-order chi connectivity index (χ0) is 18.2. The van der Waals surface area contributed by atoms with Gasteiger partial charge in [0.15, 0.2) is 0 Å². The number of rotatable bonds is 10. The highest BCUT2D eigenvalue weighted by atomic mass is 16.5. The number of oxazole rings is 1. The molecule has 1 N–H and O–H groups in total. The van der Waals surface area contributed by atoms with Crippen LogP contribution in [0.15, 0.2) is 28.7 Å². The molecule has 0 aliphatic rings. The van der Waals surface area contributed by atoms with Gasteiger partial charge in [0.05, 0.1) is 12.3 Å². The van der Waals surface area contributed by atoms with E-state index in [1.54, 1.807) is 0 Å². The van der Waals surface area contributed by atoms with Crippen molar-refractivity contribution in [3.05, 3.63) is 35.7 Å². The Kier molecular flexibility index (Phi) is 7.23. The van der Waals surface area contributed by atoms with Crippen molar-refractivity contribution >= 4 is 5.71 Å². The first kappa shape index (κ1) is 19.2. The van der Waals surface area contributed by atoms with Crippen LogP contribution >= 0.6 is 0 Å². The van der Waals surface area contributed by atoms with Crippen LogP contribution in [0.5, 0.6) is 5.75 Å². The Balaban J connectivity index is 2.00. The van der Waals surface area contributed by atoms with Gasteiger partial charge in [0.2, 0.25) is 5.89 Å². The lowest BCUT2D eigenvalue weighted by molar-refractivity contribution is 0.309. The lowest BCUT2D eigenvalue weighted by atomic mass is 9.98. The average molecular weight is 342 g/mol. The second-order valence-corrected chi connectivity index (χ2v) is 6.58. The van der Waals surface area contributed by atoms with Crippen molar-refractivity contribution in [2.24, 2.45) is 5.92 Å². The molecule has 0 saturated heterocycles. The van der Waals surface area contributed by atoms with Crippen LogP contribution < -0.4 is 4.74 Å². The topological polar surface area (TPSA) is 59.1 Å². The third-order valence-corrected chi connectivity index (χ3v) is 4.60. The summed E-state index contributed by atoms with van der Waals surface area (Å²) in [6.07, 6.45) is 4.71. The number of hydrogen-bond donors (Lipinski definition) is 1.